The Labute approximate surface area is 39.8 Å². The predicted molar refractivity (Wildman–Crippen MR) is 20.6 cm³/mol. The van der Waals surface area contributed by atoms with Gasteiger partial charge in [0.25, 0.3) is 0 Å². The van der Waals surface area contributed by atoms with Crippen LogP contribution in [-0.2, 0) is 0 Å². The molecule has 23 valence electrons. The van der Waals surface area contributed by atoms with E-state index in [2.05, 4.69) is 0 Å². The molecule has 0 saturated heterocycles. The number of rotatable bonds is 0. The summed E-state index contributed by atoms with van der Waals surface area (Å²) in [5.41, 5.74) is 0. The molecule has 0 saturated carbocycles. The van der Waals surface area contributed by atoms with Crippen LogP contribution in [0.1, 0.15) is 6.92 Å². The van der Waals surface area contributed by atoms with Gasteiger partial charge in [-0.2, -0.15) is 0 Å². The van der Waals surface area contributed by atoms with E-state index in [1.807, 2.05) is 39.4 Å². The van der Waals surface area contributed by atoms with Crippen LogP contribution in [-0.4, -0.2) is 22.3 Å². The monoisotopic (exact) mass is 171 g/mol. The van der Waals surface area contributed by atoms with E-state index in [0.29, 0.717) is 0 Å². The van der Waals surface area contributed by atoms with Gasteiger partial charge in [-0.05, 0) is 0 Å². The van der Waals surface area contributed by atoms with Crippen LogP contribution >= 0.6 is 0 Å². The average Bonchev–Trinajstić information content (AvgIpc) is 1.37. The van der Waals surface area contributed by atoms with Crippen LogP contribution in [0.15, 0.2) is 10.2 Å². The summed E-state index contributed by atoms with van der Waals surface area (Å²) in [6.07, 6.45) is 2.00. The zero-order valence-electron chi connectivity index (χ0n) is 2.56. The van der Waals surface area contributed by atoms with Gasteiger partial charge in [0.05, 0.1) is 0 Å². The Hall–Kier alpha value is 0.530. The fraction of sp³-hybridized carbons (Fsp3) is 0.333. The molecule has 0 nitrogen and oxygen atoms in total. The summed E-state index contributed by atoms with van der Waals surface area (Å²) >= 11 is 1.94. The SMILES string of the molecule is C/C=C/[Te]. The van der Waals surface area contributed by atoms with Crippen molar-refractivity contribution in [3.63, 3.8) is 0 Å². The molecule has 0 N–H and O–H groups in total. The van der Waals surface area contributed by atoms with Crippen LogP contribution in [0.5, 0.6) is 0 Å². The van der Waals surface area contributed by atoms with Crippen LogP contribution in [0.3, 0.4) is 0 Å². The van der Waals surface area contributed by atoms with Gasteiger partial charge in [0, 0.05) is 0 Å². The van der Waals surface area contributed by atoms with E-state index in [-0.39, 0.29) is 0 Å². The molecule has 1 heteroatoms. The maximum atomic E-state index is 2.01. The third kappa shape index (κ3) is 2.53. The molecule has 0 aliphatic carbocycles. The first-order valence-electron chi connectivity index (χ1n) is 1.15. The molecule has 0 aromatic heterocycles. The third-order valence-corrected chi connectivity index (χ3v) is 0.913. The fourth-order valence-electron chi connectivity index (χ4n) is 0. The van der Waals surface area contributed by atoms with Crippen molar-refractivity contribution < 1.29 is 0 Å². The van der Waals surface area contributed by atoms with Gasteiger partial charge < -0.3 is 0 Å². The number of hydrogen-bond donors (Lipinski definition) is 0. The molecule has 0 bridgehead atoms. The minimum absolute atomic E-state index is 1.94. The molecule has 1 radical (unpaired) electrons. The van der Waals surface area contributed by atoms with Crippen molar-refractivity contribution in [2.24, 2.45) is 0 Å². The van der Waals surface area contributed by atoms with Crippen molar-refractivity contribution in [1.29, 1.82) is 0 Å². The summed E-state index contributed by atoms with van der Waals surface area (Å²) in [5, 5.41) is 0. The molecule has 0 spiro atoms. The first-order valence-corrected chi connectivity index (χ1v) is 2.49. The second kappa shape index (κ2) is 3.53. The van der Waals surface area contributed by atoms with Crippen LogP contribution < -0.4 is 0 Å². The molecule has 0 aromatic carbocycles. The number of allylic oxidation sites excluding steroid dienone is 1. The molecule has 0 atom stereocenters. The van der Waals surface area contributed by atoms with Crippen molar-refractivity contribution in [2.75, 3.05) is 0 Å². The van der Waals surface area contributed by atoms with Gasteiger partial charge in [0.1, 0.15) is 0 Å². The average molecular weight is 169 g/mol. The molecule has 0 aliphatic rings. The third-order valence-electron chi connectivity index (χ3n) is 0.136. The van der Waals surface area contributed by atoms with E-state index in [1.54, 1.807) is 0 Å². The Morgan fingerprint density at radius 2 is 2.00 bits per heavy atom. The molecule has 0 amide bonds. The summed E-state index contributed by atoms with van der Waals surface area (Å²) in [6, 6.07) is 0. The first-order chi connectivity index (χ1) is 1.91. The molecule has 0 unspecified atom stereocenters. The second-order valence-corrected chi connectivity index (χ2v) is 1.25. The van der Waals surface area contributed by atoms with E-state index >= 15 is 0 Å². The van der Waals surface area contributed by atoms with Crippen molar-refractivity contribution in [3.05, 3.63) is 10.2 Å². The summed E-state index contributed by atoms with van der Waals surface area (Å²) in [6.45, 7) is 2.00. The second-order valence-electron chi connectivity index (χ2n) is 0.469. The Balaban J connectivity index is 2.55. The zero-order valence-corrected chi connectivity index (χ0v) is 4.89. The first kappa shape index (κ1) is 4.53. The Morgan fingerprint density at radius 3 is 2.00 bits per heavy atom. The van der Waals surface area contributed by atoms with E-state index in [4.69, 9.17) is 0 Å². The molecular weight excluding hydrogens is 164 g/mol. The molecule has 0 aromatic rings. The van der Waals surface area contributed by atoms with Gasteiger partial charge in [-0.15, -0.1) is 0 Å². The van der Waals surface area contributed by atoms with Gasteiger partial charge in [0.15, 0.2) is 0 Å². The minimum atomic E-state index is 1.94. The summed E-state index contributed by atoms with van der Waals surface area (Å²) < 4.78 is 2.01. The van der Waals surface area contributed by atoms with Crippen LogP contribution in [0.4, 0.5) is 0 Å². The van der Waals surface area contributed by atoms with Crippen LogP contribution in [0, 0.1) is 0 Å². The van der Waals surface area contributed by atoms with E-state index in [0.717, 1.165) is 0 Å². The van der Waals surface area contributed by atoms with E-state index < -0.39 is 0 Å². The summed E-state index contributed by atoms with van der Waals surface area (Å²) in [5.74, 6) is 0. The normalized spacial score (nSPS) is 9.25. The van der Waals surface area contributed by atoms with E-state index in [1.165, 1.54) is 0 Å². The van der Waals surface area contributed by atoms with Gasteiger partial charge in [-0.3, -0.25) is 0 Å². The predicted octanol–water partition coefficient (Wildman–Crippen LogP) is 0.689. The van der Waals surface area contributed by atoms with Gasteiger partial charge in [-0.25, -0.2) is 0 Å². The summed E-state index contributed by atoms with van der Waals surface area (Å²) in [4.78, 5) is 0. The molecule has 0 fully saturated rings. The Kier molecular flexibility index (Phi) is 4.00. The number of hydrogen-bond acceptors (Lipinski definition) is 0. The van der Waals surface area contributed by atoms with E-state index in [9.17, 15) is 0 Å². The Morgan fingerprint density at radius 1 is 1.75 bits per heavy atom. The molecule has 4 heavy (non-hydrogen) atoms. The van der Waals surface area contributed by atoms with Crippen molar-refractivity contribution in [2.45, 2.75) is 6.92 Å². The van der Waals surface area contributed by atoms with Gasteiger partial charge in [0.2, 0.25) is 0 Å². The maximum absolute atomic E-state index is 2.01. The van der Waals surface area contributed by atoms with Crippen molar-refractivity contribution in [1.82, 2.24) is 0 Å². The molecular formula is C3H5Te. The van der Waals surface area contributed by atoms with Crippen LogP contribution in [0.2, 0.25) is 0 Å². The quantitative estimate of drug-likeness (QED) is 0.467. The molecule has 0 heterocycles. The topological polar surface area (TPSA) is 0 Å². The van der Waals surface area contributed by atoms with Gasteiger partial charge in [-0.1, -0.05) is 0 Å². The summed E-state index contributed by atoms with van der Waals surface area (Å²) in [7, 11) is 0. The van der Waals surface area contributed by atoms with Gasteiger partial charge >= 0.3 is 39.4 Å². The van der Waals surface area contributed by atoms with Crippen molar-refractivity contribution >= 4 is 22.3 Å². The zero-order chi connectivity index (χ0) is 3.41. The Bertz CT molecular complexity index is 18.5. The molecule has 0 rings (SSSR count). The van der Waals surface area contributed by atoms with Crippen LogP contribution in [0.25, 0.3) is 0 Å². The van der Waals surface area contributed by atoms with Crippen molar-refractivity contribution in [3.8, 4) is 0 Å². The standard InChI is InChI=1S/C3H5Te/c1-2-3-4/h2-3H,1H3/b3-2+. The molecule has 0 aliphatic heterocycles. The fourth-order valence-corrected chi connectivity index (χ4v) is 0.